The number of aromatic nitrogens is 4. The molecule has 0 saturated carbocycles. The lowest BCUT2D eigenvalue weighted by Crippen LogP contribution is -2.40. The molecular weight excluding hydrogens is 350 g/mol. The van der Waals surface area contributed by atoms with Crippen LogP contribution in [0.5, 0.6) is 0 Å². The summed E-state index contributed by atoms with van der Waals surface area (Å²) in [5, 5.41) is 11.8. The van der Waals surface area contributed by atoms with E-state index in [2.05, 4.69) is 46.5 Å². The zero-order chi connectivity index (χ0) is 19.3. The van der Waals surface area contributed by atoms with Gasteiger partial charge in [-0.15, -0.1) is 0 Å². The summed E-state index contributed by atoms with van der Waals surface area (Å²) in [7, 11) is 0. The Balaban J connectivity index is 1.49. The minimum Gasteiger partial charge on any atom is -0.337 e. The van der Waals surface area contributed by atoms with Gasteiger partial charge < -0.3 is 4.90 Å². The van der Waals surface area contributed by atoms with E-state index in [4.69, 9.17) is 0 Å². The third-order valence-corrected chi connectivity index (χ3v) is 5.48. The molecule has 6 heteroatoms. The quantitative estimate of drug-likeness (QED) is 0.713. The maximum Gasteiger partial charge on any atom is 0.272 e. The molecule has 28 heavy (non-hydrogen) atoms. The highest BCUT2D eigenvalue weighted by Crippen LogP contribution is 2.29. The second-order valence-corrected chi connectivity index (χ2v) is 7.50. The van der Waals surface area contributed by atoms with Crippen LogP contribution >= 0.6 is 0 Å². The molecule has 1 aliphatic heterocycles. The first kappa shape index (κ1) is 18.5. The van der Waals surface area contributed by atoms with Crippen molar-refractivity contribution in [3.63, 3.8) is 0 Å². The van der Waals surface area contributed by atoms with Crippen LogP contribution in [0.1, 0.15) is 59.4 Å². The van der Waals surface area contributed by atoms with Gasteiger partial charge in [0.05, 0.1) is 6.20 Å². The molecule has 6 nitrogen and oxygen atoms in total. The Morgan fingerprint density at radius 2 is 2.11 bits per heavy atom. The standard InChI is InChI=1S/C22H27N5O/c1-2-12-27-20(10-11-24-27)22(28)26-13-6-9-18(16-26)21-19(15-23-25-21)14-17-7-4-3-5-8-17/h3-5,7-8,10-11,15,18H,2,6,9,12-14,16H2,1H3,(H,23,25)/t18-/m0/s1. The number of aromatic amines is 1. The van der Waals surface area contributed by atoms with Crippen LogP contribution in [0, 0.1) is 0 Å². The Kier molecular flexibility index (Phi) is 5.55. The van der Waals surface area contributed by atoms with Crippen molar-refractivity contribution in [3.05, 3.63) is 71.3 Å². The van der Waals surface area contributed by atoms with Crippen molar-refractivity contribution in [2.75, 3.05) is 13.1 Å². The fourth-order valence-electron chi connectivity index (χ4n) is 4.09. The molecule has 0 spiro atoms. The summed E-state index contributed by atoms with van der Waals surface area (Å²) in [5.41, 5.74) is 4.36. The van der Waals surface area contributed by atoms with E-state index in [0.29, 0.717) is 11.6 Å². The van der Waals surface area contributed by atoms with Gasteiger partial charge in [0.25, 0.3) is 5.91 Å². The Bertz CT molecular complexity index is 914. The molecule has 1 amide bonds. The minimum atomic E-state index is 0.0831. The number of piperidine rings is 1. The molecule has 1 fully saturated rings. The number of nitrogens with zero attached hydrogens (tertiary/aromatic N) is 4. The highest BCUT2D eigenvalue weighted by molar-refractivity contribution is 5.92. The van der Waals surface area contributed by atoms with Crippen molar-refractivity contribution >= 4 is 5.91 Å². The summed E-state index contributed by atoms with van der Waals surface area (Å²) in [6.07, 6.45) is 7.54. The third-order valence-electron chi connectivity index (χ3n) is 5.48. The zero-order valence-corrected chi connectivity index (χ0v) is 16.3. The lowest BCUT2D eigenvalue weighted by molar-refractivity contribution is 0.0692. The second-order valence-electron chi connectivity index (χ2n) is 7.50. The molecule has 1 aliphatic rings. The monoisotopic (exact) mass is 377 g/mol. The number of amides is 1. The molecule has 1 aromatic carbocycles. The number of nitrogens with one attached hydrogen (secondary N) is 1. The topological polar surface area (TPSA) is 66.8 Å². The van der Waals surface area contributed by atoms with Crippen molar-refractivity contribution in [2.24, 2.45) is 0 Å². The van der Waals surface area contributed by atoms with E-state index in [1.807, 2.05) is 27.9 Å². The molecule has 4 rings (SSSR count). The summed E-state index contributed by atoms with van der Waals surface area (Å²) in [6, 6.07) is 12.3. The van der Waals surface area contributed by atoms with Crippen LogP contribution in [-0.4, -0.2) is 43.9 Å². The van der Waals surface area contributed by atoms with Gasteiger partial charge in [-0.3, -0.25) is 14.6 Å². The van der Waals surface area contributed by atoms with E-state index in [1.165, 1.54) is 16.8 Å². The first-order valence-corrected chi connectivity index (χ1v) is 10.1. The smallest absolute Gasteiger partial charge is 0.272 e. The molecule has 1 saturated heterocycles. The Labute approximate surface area is 165 Å². The second kappa shape index (κ2) is 8.42. The molecule has 0 radical (unpaired) electrons. The first-order chi connectivity index (χ1) is 13.8. The normalized spacial score (nSPS) is 17.0. The number of hydrogen-bond acceptors (Lipinski definition) is 3. The first-order valence-electron chi connectivity index (χ1n) is 10.1. The van der Waals surface area contributed by atoms with Crippen molar-refractivity contribution in [3.8, 4) is 0 Å². The van der Waals surface area contributed by atoms with E-state index in [0.717, 1.165) is 45.3 Å². The number of rotatable bonds is 6. The lowest BCUT2D eigenvalue weighted by atomic mass is 9.90. The Morgan fingerprint density at radius 3 is 2.93 bits per heavy atom. The maximum atomic E-state index is 13.1. The van der Waals surface area contributed by atoms with Gasteiger partial charge in [0.15, 0.2) is 0 Å². The van der Waals surface area contributed by atoms with Crippen molar-refractivity contribution in [2.45, 2.75) is 45.1 Å². The van der Waals surface area contributed by atoms with Crippen LogP contribution in [0.25, 0.3) is 0 Å². The Hall–Kier alpha value is -2.89. The van der Waals surface area contributed by atoms with Crippen LogP contribution in [-0.2, 0) is 13.0 Å². The largest absolute Gasteiger partial charge is 0.337 e. The van der Waals surface area contributed by atoms with Crippen LogP contribution in [0.4, 0.5) is 0 Å². The predicted octanol–water partition coefficient (Wildman–Crippen LogP) is 3.63. The fourth-order valence-corrected chi connectivity index (χ4v) is 4.09. The summed E-state index contributed by atoms with van der Waals surface area (Å²) in [4.78, 5) is 15.1. The summed E-state index contributed by atoms with van der Waals surface area (Å²) in [6.45, 7) is 4.39. The molecule has 1 atom stereocenters. The molecule has 3 heterocycles. The molecule has 3 aromatic rings. The molecule has 146 valence electrons. The summed E-state index contributed by atoms with van der Waals surface area (Å²) < 4.78 is 1.82. The molecule has 0 unspecified atom stereocenters. The van der Waals surface area contributed by atoms with Crippen LogP contribution in [0.2, 0.25) is 0 Å². The minimum absolute atomic E-state index is 0.0831. The molecule has 1 N–H and O–H groups in total. The average molecular weight is 377 g/mol. The lowest BCUT2D eigenvalue weighted by Gasteiger charge is -2.32. The van der Waals surface area contributed by atoms with Gasteiger partial charge in [-0.1, -0.05) is 37.3 Å². The van der Waals surface area contributed by atoms with Crippen molar-refractivity contribution in [1.82, 2.24) is 24.9 Å². The number of carbonyl (C=O) groups is 1. The van der Waals surface area contributed by atoms with E-state index in [9.17, 15) is 4.79 Å². The third kappa shape index (κ3) is 3.86. The fraction of sp³-hybridized carbons (Fsp3) is 0.409. The van der Waals surface area contributed by atoms with E-state index in [-0.39, 0.29) is 5.91 Å². The van der Waals surface area contributed by atoms with Crippen molar-refractivity contribution in [1.29, 1.82) is 0 Å². The SMILES string of the molecule is CCCn1nccc1C(=O)N1CCC[C@H](c2[nH]ncc2Cc2ccccc2)C1. The number of H-pyrrole nitrogens is 1. The molecule has 2 aromatic heterocycles. The van der Waals surface area contributed by atoms with E-state index < -0.39 is 0 Å². The number of carbonyl (C=O) groups excluding carboxylic acids is 1. The van der Waals surface area contributed by atoms with Crippen LogP contribution in [0.15, 0.2) is 48.8 Å². The van der Waals surface area contributed by atoms with Crippen LogP contribution < -0.4 is 0 Å². The molecule has 0 bridgehead atoms. The van der Waals surface area contributed by atoms with Gasteiger partial charge in [-0.05, 0) is 36.5 Å². The number of aryl methyl sites for hydroxylation is 1. The van der Waals surface area contributed by atoms with Crippen LogP contribution in [0.3, 0.4) is 0 Å². The molecule has 0 aliphatic carbocycles. The number of hydrogen-bond donors (Lipinski definition) is 1. The van der Waals surface area contributed by atoms with Gasteiger partial charge in [-0.25, -0.2) is 0 Å². The highest BCUT2D eigenvalue weighted by atomic mass is 16.2. The highest BCUT2D eigenvalue weighted by Gasteiger charge is 2.29. The summed E-state index contributed by atoms with van der Waals surface area (Å²) >= 11 is 0. The van der Waals surface area contributed by atoms with Crippen molar-refractivity contribution < 1.29 is 4.79 Å². The van der Waals surface area contributed by atoms with E-state index in [1.54, 1.807) is 6.20 Å². The van der Waals surface area contributed by atoms with Gasteiger partial charge in [0, 0.05) is 43.9 Å². The number of benzene rings is 1. The Morgan fingerprint density at radius 1 is 1.25 bits per heavy atom. The predicted molar refractivity (Wildman–Crippen MR) is 108 cm³/mol. The molecular formula is C22H27N5O. The van der Waals surface area contributed by atoms with Gasteiger partial charge in [-0.2, -0.15) is 10.2 Å². The zero-order valence-electron chi connectivity index (χ0n) is 16.3. The van der Waals surface area contributed by atoms with E-state index >= 15 is 0 Å². The van der Waals surface area contributed by atoms with Gasteiger partial charge in [0.2, 0.25) is 0 Å². The summed E-state index contributed by atoms with van der Waals surface area (Å²) in [5.74, 6) is 0.376. The average Bonchev–Trinajstić information content (AvgIpc) is 3.38. The maximum absolute atomic E-state index is 13.1. The van der Waals surface area contributed by atoms with Gasteiger partial charge in [0.1, 0.15) is 5.69 Å². The number of likely N-dealkylation sites (tertiary alicyclic amines) is 1. The van der Waals surface area contributed by atoms with Gasteiger partial charge >= 0.3 is 0 Å².